The van der Waals surface area contributed by atoms with Gasteiger partial charge in [-0.05, 0) is 0 Å². The minimum absolute atomic E-state index is 0. The Bertz CT molecular complexity index is 78.9. The van der Waals surface area contributed by atoms with Crippen molar-refractivity contribution in [3.05, 3.63) is 0 Å². The Morgan fingerprint density at radius 2 is 1.57 bits per heavy atom. The van der Waals surface area contributed by atoms with Crippen LogP contribution in [0.2, 0.25) is 0 Å². The topological polar surface area (TPSA) is 57.2 Å². The molecule has 0 N–H and O–H groups in total. The Morgan fingerprint density at radius 3 is 1.57 bits per heavy atom. The molecule has 0 aromatic rings. The van der Waals surface area contributed by atoms with Gasteiger partial charge in [0.2, 0.25) is 5.12 Å². The first-order valence-corrected chi connectivity index (χ1v) is 1.53. The van der Waals surface area contributed by atoms with Gasteiger partial charge in [-0.1, -0.05) is 12.6 Å². The van der Waals surface area contributed by atoms with Crippen molar-refractivity contribution in [3.8, 4) is 0 Å². The molecule has 0 bridgehead atoms. The van der Waals surface area contributed by atoms with E-state index < -0.39 is 11.1 Å². The van der Waals surface area contributed by atoms with Gasteiger partial charge in [-0.15, -0.1) is 0 Å². The molecule has 0 radical (unpaired) electrons. The van der Waals surface area contributed by atoms with Crippen LogP contribution in [0.1, 0.15) is 0 Å². The third-order valence-corrected chi connectivity index (χ3v) is 0.357. The van der Waals surface area contributed by atoms with Crippen molar-refractivity contribution in [1.29, 1.82) is 0 Å². The number of carbonyl (C=O) groups excluding carboxylic acids is 2. The first-order valence-electron chi connectivity index (χ1n) is 1.09. The summed E-state index contributed by atoms with van der Waals surface area (Å²) in [4.78, 5) is 18.5. The molecule has 0 saturated carbocycles. The first-order chi connectivity index (χ1) is 2.64. The fraction of sp³-hybridized carbons (Fsp3) is 0. The van der Waals surface area contributed by atoms with E-state index in [1.54, 1.807) is 0 Å². The van der Waals surface area contributed by atoms with E-state index >= 15 is 0 Å². The standard InChI is InChI=1S/C2H2O3S.K/c3-1(4)2(5)6;/h(H,3,4)(H,5,6);/q;+1/p-1. The van der Waals surface area contributed by atoms with E-state index in [9.17, 15) is 4.79 Å². The van der Waals surface area contributed by atoms with Gasteiger partial charge >= 0.3 is 51.4 Å². The van der Waals surface area contributed by atoms with Crippen LogP contribution in [0.5, 0.6) is 0 Å². The minimum Gasteiger partial charge on any atom is -0.541 e. The van der Waals surface area contributed by atoms with Crippen LogP contribution in [-0.4, -0.2) is 11.1 Å². The number of carboxylic acid groups (broad SMARTS) is 1. The molecule has 0 aromatic carbocycles. The van der Waals surface area contributed by atoms with Crippen LogP contribution < -0.4 is 56.5 Å². The van der Waals surface area contributed by atoms with Crippen molar-refractivity contribution < 1.29 is 66.1 Å². The molecule has 7 heavy (non-hydrogen) atoms. The molecule has 0 atom stereocenters. The third kappa shape index (κ3) is 7.13. The fourth-order valence-corrected chi connectivity index (χ4v) is 0. The Balaban J connectivity index is 0. The molecule has 0 fully saturated rings. The second-order valence-corrected chi connectivity index (χ2v) is 0.999. The van der Waals surface area contributed by atoms with Gasteiger partial charge in [0.25, 0.3) is 0 Å². The molecule has 5 heteroatoms. The van der Waals surface area contributed by atoms with Gasteiger partial charge in [0, 0.05) is 0 Å². The molecule has 0 heterocycles. The van der Waals surface area contributed by atoms with Gasteiger partial charge in [0.15, 0.2) is 0 Å². The monoisotopic (exact) mass is 144 g/mol. The molecule has 0 rings (SSSR count). The number of hydrogen-bond donors (Lipinski definition) is 1. The van der Waals surface area contributed by atoms with Crippen molar-refractivity contribution >= 4 is 23.7 Å². The number of hydrogen-bond acceptors (Lipinski definition) is 3. The Kier molecular flexibility index (Phi) is 8.27. The maximum Gasteiger partial charge on any atom is 1.00 e. The van der Waals surface area contributed by atoms with E-state index in [1.807, 2.05) is 0 Å². The SMILES string of the molecule is O=C([O-])C(=O)S.[K+]. The molecular weight excluding hydrogens is 143 g/mol. The third-order valence-electron chi connectivity index (χ3n) is 0.175. The summed E-state index contributed by atoms with van der Waals surface area (Å²) in [5, 5.41) is 7.92. The van der Waals surface area contributed by atoms with E-state index in [2.05, 4.69) is 12.6 Å². The van der Waals surface area contributed by atoms with E-state index in [1.165, 1.54) is 0 Å². The van der Waals surface area contributed by atoms with Crippen LogP contribution in [0.25, 0.3) is 0 Å². The van der Waals surface area contributed by atoms with Crippen molar-refractivity contribution in [1.82, 2.24) is 0 Å². The number of rotatable bonds is 1. The predicted octanol–water partition coefficient (Wildman–Crippen LogP) is -4.80. The molecule has 0 unspecified atom stereocenters. The molecule has 0 aliphatic rings. The van der Waals surface area contributed by atoms with Crippen LogP contribution in [0.15, 0.2) is 0 Å². The number of carboxylic acids is 1. The summed E-state index contributed by atoms with van der Waals surface area (Å²) in [5.41, 5.74) is 0. The van der Waals surface area contributed by atoms with Crippen molar-refractivity contribution in [2.75, 3.05) is 0 Å². The van der Waals surface area contributed by atoms with Gasteiger partial charge in [-0.25, -0.2) is 0 Å². The van der Waals surface area contributed by atoms with Crippen LogP contribution in [0.3, 0.4) is 0 Å². The smallest absolute Gasteiger partial charge is 0.541 e. The quantitative estimate of drug-likeness (QED) is 0.228. The Morgan fingerprint density at radius 1 is 1.43 bits per heavy atom. The average molecular weight is 144 g/mol. The molecule has 0 aliphatic carbocycles. The number of carbonyl (C=O) groups is 2. The minimum atomic E-state index is -1.77. The van der Waals surface area contributed by atoms with Gasteiger partial charge in [0.05, 0.1) is 0 Å². The van der Waals surface area contributed by atoms with Crippen LogP contribution in [0, 0.1) is 0 Å². The number of aliphatic carboxylic acids is 1. The summed E-state index contributed by atoms with van der Waals surface area (Å²) >= 11 is 2.89. The van der Waals surface area contributed by atoms with Crippen molar-refractivity contribution in [2.24, 2.45) is 0 Å². The normalized spacial score (nSPS) is 6.43. The zero-order valence-electron chi connectivity index (χ0n) is 3.67. The Labute approximate surface area is 88.3 Å². The summed E-state index contributed by atoms with van der Waals surface area (Å²) in [6.07, 6.45) is 0. The van der Waals surface area contributed by atoms with Gasteiger partial charge < -0.3 is 9.90 Å². The molecular formula is C2HKO3S. The molecule has 0 saturated heterocycles. The molecule has 0 spiro atoms. The molecule has 3 nitrogen and oxygen atoms in total. The van der Waals surface area contributed by atoms with E-state index in [-0.39, 0.29) is 51.4 Å². The average Bonchev–Trinajstić information content (AvgIpc) is 1.36. The first kappa shape index (κ1) is 11.0. The van der Waals surface area contributed by atoms with Gasteiger partial charge in [0.1, 0.15) is 5.97 Å². The molecule has 0 aliphatic heterocycles. The van der Waals surface area contributed by atoms with Gasteiger partial charge in [-0.3, -0.25) is 4.79 Å². The summed E-state index contributed by atoms with van der Waals surface area (Å²) < 4.78 is 0. The fourth-order valence-electron chi connectivity index (χ4n) is 0. The second-order valence-electron chi connectivity index (χ2n) is 0.593. The molecule has 0 aromatic heterocycles. The van der Waals surface area contributed by atoms with E-state index in [4.69, 9.17) is 9.90 Å². The maximum absolute atomic E-state index is 9.35. The van der Waals surface area contributed by atoms with Crippen molar-refractivity contribution in [3.63, 3.8) is 0 Å². The zero-order valence-corrected chi connectivity index (χ0v) is 7.69. The maximum atomic E-state index is 9.35. The number of thiol groups is 1. The summed E-state index contributed by atoms with van der Waals surface area (Å²) in [6, 6.07) is 0. The Hall–Kier alpha value is 1.13. The molecule has 34 valence electrons. The van der Waals surface area contributed by atoms with Crippen LogP contribution in [-0.2, 0) is 9.59 Å². The van der Waals surface area contributed by atoms with Gasteiger partial charge in [-0.2, -0.15) is 0 Å². The molecule has 0 amide bonds. The van der Waals surface area contributed by atoms with E-state index in [0.717, 1.165) is 0 Å². The van der Waals surface area contributed by atoms with Crippen LogP contribution >= 0.6 is 12.6 Å². The van der Waals surface area contributed by atoms with E-state index in [0.29, 0.717) is 0 Å². The summed E-state index contributed by atoms with van der Waals surface area (Å²) in [6.45, 7) is 0. The summed E-state index contributed by atoms with van der Waals surface area (Å²) in [7, 11) is 0. The van der Waals surface area contributed by atoms with Crippen molar-refractivity contribution in [2.45, 2.75) is 0 Å². The van der Waals surface area contributed by atoms with Crippen LogP contribution in [0.4, 0.5) is 0 Å². The zero-order chi connectivity index (χ0) is 5.15. The summed E-state index contributed by atoms with van der Waals surface area (Å²) in [5.74, 6) is -1.77. The predicted molar refractivity (Wildman–Crippen MR) is 19.0 cm³/mol. The largest absolute Gasteiger partial charge is 1.00 e. The second kappa shape index (κ2) is 5.27.